The quantitative estimate of drug-likeness (QED) is 0.594. The van der Waals surface area contributed by atoms with Crippen LogP contribution in [0.5, 0.6) is 5.75 Å². The highest BCUT2D eigenvalue weighted by Gasteiger charge is 2.16. The van der Waals surface area contributed by atoms with Gasteiger partial charge in [-0.25, -0.2) is 4.98 Å². The average Bonchev–Trinajstić information content (AvgIpc) is 2.37. The minimum Gasteiger partial charge on any atom is -0.489 e. The van der Waals surface area contributed by atoms with Crippen LogP contribution in [-0.2, 0) is 6.54 Å². The summed E-state index contributed by atoms with van der Waals surface area (Å²) in [6.45, 7) is 4.36. The van der Waals surface area contributed by atoms with E-state index in [-0.39, 0.29) is 21.9 Å². The zero-order valence-corrected chi connectivity index (χ0v) is 12.2. The zero-order valence-electron chi connectivity index (χ0n) is 11.4. The van der Waals surface area contributed by atoms with E-state index in [9.17, 15) is 4.79 Å². The number of hydrogen-bond donors (Lipinski definition) is 0. The standard InChI is InChI=1S/C13H18ClN3O2/c1-13(2,8-15)6-4-5-7-17-9-16-11(14)10(19-3)12(17)18/h9H,4-7H2,1-3H3. The van der Waals surface area contributed by atoms with Crippen LogP contribution in [0.4, 0.5) is 0 Å². The number of aryl methyl sites for hydroxylation is 1. The fourth-order valence-electron chi connectivity index (χ4n) is 1.69. The van der Waals surface area contributed by atoms with Gasteiger partial charge in [0.15, 0.2) is 5.15 Å². The van der Waals surface area contributed by atoms with Crippen LogP contribution in [0.3, 0.4) is 0 Å². The van der Waals surface area contributed by atoms with Gasteiger partial charge >= 0.3 is 0 Å². The van der Waals surface area contributed by atoms with Crippen LogP contribution in [0.2, 0.25) is 5.15 Å². The largest absolute Gasteiger partial charge is 0.489 e. The highest BCUT2D eigenvalue weighted by Crippen LogP contribution is 2.22. The van der Waals surface area contributed by atoms with Crippen molar-refractivity contribution in [2.75, 3.05) is 7.11 Å². The summed E-state index contributed by atoms with van der Waals surface area (Å²) in [6, 6.07) is 2.26. The molecule has 104 valence electrons. The molecular formula is C13H18ClN3O2. The maximum Gasteiger partial charge on any atom is 0.297 e. The van der Waals surface area contributed by atoms with Crippen LogP contribution in [0.15, 0.2) is 11.1 Å². The molecule has 1 aromatic rings. The maximum absolute atomic E-state index is 11.9. The molecular weight excluding hydrogens is 266 g/mol. The Balaban J connectivity index is 2.61. The molecule has 0 saturated carbocycles. The van der Waals surface area contributed by atoms with E-state index in [1.54, 1.807) is 0 Å². The Morgan fingerprint density at radius 1 is 1.53 bits per heavy atom. The second-order valence-electron chi connectivity index (χ2n) is 5.02. The van der Waals surface area contributed by atoms with Gasteiger partial charge < -0.3 is 4.74 Å². The molecule has 0 aliphatic rings. The van der Waals surface area contributed by atoms with Crippen molar-refractivity contribution < 1.29 is 4.74 Å². The molecule has 0 amide bonds. The minimum absolute atomic E-state index is 0.0709. The van der Waals surface area contributed by atoms with Gasteiger partial charge in [-0.3, -0.25) is 9.36 Å². The number of rotatable bonds is 6. The Bertz CT molecular complexity index is 532. The molecule has 0 aromatic carbocycles. The first-order chi connectivity index (χ1) is 8.91. The van der Waals surface area contributed by atoms with Crippen molar-refractivity contribution in [1.29, 1.82) is 5.26 Å². The second-order valence-corrected chi connectivity index (χ2v) is 5.38. The molecule has 0 unspecified atom stereocenters. The summed E-state index contributed by atoms with van der Waals surface area (Å²) in [7, 11) is 1.39. The predicted octanol–water partition coefficient (Wildman–Crippen LogP) is 2.63. The monoisotopic (exact) mass is 283 g/mol. The summed E-state index contributed by atoms with van der Waals surface area (Å²) in [5, 5.41) is 8.99. The number of ether oxygens (including phenoxy) is 1. The third-order valence-corrected chi connectivity index (χ3v) is 3.18. The van der Waals surface area contributed by atoms with E-state index in [1.807, 2.05) is 13.8 Å². The number of halogens is 1. The molecule has 1 rings (SSSR count). The first-order valence-corrected chi connectivity index (χ1v) is 6.49. The van der Waals surface area contributed by atoms with Crippen molar-refractivity contribution in [3.8, 4) is 11.8 Å². The highest BCUT2D eigenvalue weighted by atomic mass is 35.5. The maximum atomic E-state index is 11.9. The number of nitrogens with zero attached hydrogens (tertiary/aromatic N) is 3. The SMILES string of the molecule is COc1c(Cl)ncn(CCCCC(C)(C)C#N)c1=O. The molecule has 0 radical (unpaired) electrons. The lowest BCUT2D eigenvalue weighted by Crippen LogP contribution is -2.22. The molecule has 0 aliphatic heterocycles. The van der Waals surface area contributed by atoms with Crippen LogP contribution in [0.1, 0.15) is 33.1 Å². The predicted molar refractivity (Wildman–Crippen MR) is 73.3 cm³/mol. The first-order valence-electron chi connectivity index (χ1n) is 6.11. The first kappa shape index (κ1) is 15.5. The Hall–Kier alpha value is -1.54. The lowest BCUT2D eigenvalue weighted by Gasteiger charge is -2.14. The minimum atomic E-state index is -0.319. The summed E-state index contributed by atoms with van der Waals surface area (Å²) >= 11 is 5.76. The van der Waals surface area contributed by atoms with Gasteiger partial charge in [0, 0.05) is 6.54 Å². The van der Waals surface area contributed by atoms with E-state index in [2.05, 4.69) is 11.1 Å². The Kier molecular flexibility index (Phi) is 5.37. The number of hydrogen-bond acceptors (Lipinski definition) is 4. The molecule has 19 heavy (non-hydrogen) atoms. The molecule has 1 aromatic heterocycles. The van der Waals surface area contributed by atoms with Crippen LogP contribution >= 0.6 is 11.6 Å². The lowest BCUT2D eigenvalue weighted by atomic mass is 9.89. The smallest absolute Gasteiger partial charge is 0.297 e. The fraction of sp³-hybridized carbons (Fsp3) is 0.615. The van der Waals surface area contributed by atoms with Crippen molar-refractivity contribution in [1.82, 2.24) is 9.55 Å². The molecule has 0 N–H and O–H groups in total. The summed E-state index contributed by atoms with van der Waals surface area (Å²) in [5.74, 6) is 0.0709. The van der Waals surface area contributed by atoms with E-state index in [0.29, 0.717) is 6.54 Å². The van der Waals surface area contributed by atoms with Gasteiger partial charge in [-0.2, -0.15) is 5.26 Å². The average molecular weight is 284 g/mol. The van der Waals surface area contributed by atoms with E-state index in [1.165, 1.54) is 18.0 Å². The summed E-state index contributed by atoms with van der Waals surface area (Å²) in [6.07, 6.45) is 3.90. The molecule has 0 saturated heterocycles. The molecule has 5 nitrogen and oxygen atoms in total. The summed E-state index contributed by atoms with van der Waals surface area (Å²) < 4.78 is 6.40. The molecule has 0 aliphatic carbocycles. The van der Waals surface area contributed by atoms with Crippen molar-refractivity contribution >= 4 is 11.6 Å². The van der Waals surface area contributed by atoms with E-state index in [4.69, 9.17) is 21.6 Å². The van der Waals surface area contributed by atoms with Crippen LogP contribution in [-0.4, -0.2) is 16.7 Å². The van der Waals surface area contributed by atoms with Crippen molar-refractivity contribution in [3.05, 3.63) is 21.8 Å². The highest BCUT2D eigenvalue weighted by molar-refractivity contribution is 6.30. The Labute approximate surface area is 117 Å². The van der Waals surface area contributed by atoms with Crippen LogP contribution in [0, 0.1) is 16.7 Å². The summed E-state index contributed by atoms with van der Waals surface area (Å²) in [4.78, 5) is 15.8. The van der Waals surface area contributed by atoms with Crippen molar-refractivity contribution in [2.24, 2.45) is 5.41 Å². The normalized spacial score (nSPS) is 11.1. The van der Waals surface area contributed by atoms with Gasteiger partial charge in [0.05, 0.1) is 24.9 Å². The van der Waals surface area contributed by atoms with E-state index < -0.39 is 0 Å². The van der Waals surface area contributed by atoms with Crippen LogP contribution < -0.4 is 10.3 Å². The molecule has 0 spiro atoms. The van der Waals surface area contributed by atoms with E-state index >= 15 is 0 Å². The molecule has 0 fully saturated rings. The van der Waals surface area contributed by atoms with E-state index in [0.717, 1.165) is 19.3 Å². The topological polar surface area (TPSA) is 67.9 Å². The molecule has 0 bridgehead atoms. The Morgan fingerprint density at radius 2 is 2.21 bits per heavy atom. The number of methoxy groups -OCH3 is 1. The number of unbranched alkanes of at least 4 members (excludes halogenated alkanes) is 1. The zero-order chi connectivity index (χ0) is 14.5. The van der Waals surface area contributed by atoms with Crippen molar-refractivity contribution in [3.63, 3.8) is 0 Å². The van der Waals surface area contributed by atoms with Crippen molar-refractivity contribution in [2.45, 2.75) is 39.7 Å². The fourth-order valence-corrected chi connectivity index (χ4v) is 1.89. The van der Waals surface area contributed by atoms with Gasteiger partial charge in [-0.05, 0) is 26.7 Å². The Morgan fingerprint density at radius 3 is 2.79 bits per heavy atom. The third-order valence-electron chi connectivity index (χ3n) is 2.91. The van der Waals surface area contributed by atoms with Gasteiger partial charge in [-0.1, -0.05) is 18.0 Å². The number of nitriles is 1. The van der Waals surface area contributed by atoms with Gasteiger partial charge in [0.25, 0.3) is 5.56 Å². The van der Waals surface area contributed by atoms with Gasteiger partial charge in [0.1, 0.15) is 0 Å². The third kappa shape index (κ3) is 4.25. The van der Waals surface area contributed by atoms with Gasteiger partial charge in [0.2, 0.25) is 5.75 Å². The molecule has 1 heterocycles. The lowest BCUT2D eigenvalue weighted by molar-refractivity contribution is 0.392. The second kappa shape index (κ2) is 6.58. The molecule has 6 heteroatoms. The number of aromatic nitrogens is 2. The van der Waals surface area contributed by atoms with Gasteiger partial charge in [-0.15, -0.1) is 0 Å². The summed E-state index contributed by atoms with van der Waals surface area (Å²) in [5.41, 5.74) is -0.594. The van der Waals surface area contributed by atoms with Crippen LogP contribution in [0.25, 0.3) is 0 Å². The molecule has 0 atom stereocenters.